The highest BCUT2D eigenvalue weighted by Gasteiger charge is 2.18. The molecule has 0 aliphatic heterocycles. The highest BCUT2D eigenvalue weighted by Crippen LogP contribution is 2.14. The lowest BCUT2D eigenvalue weighted by molar-refractivity contribution is -0.155. The molecule has 17 heavy (non-hydrogen) atoms. The molecule has 0 aromatic heterocycles. The molecule has 0 heterocycles. The Balaban J connectivity index is 3.87. The zero-order chi connectivity index (χ0) is 13.7. The van der Waals surface area contributed by atoms with Crippen molar-refractivity contribution in [2.24, 2.45) is 5.92 Å². The SMILES string of the molecule is C[C@H](CCOS(C)(=O)=O)CC(=O)OC(C)(C)C. The highest BCUT2D eigenvalue weighted by molar-refractivity contribution is 7.85. The minimum atomic E-state index is -3.39. The zero-order valence-corrected chi connectivity index (χ0v) is 12.0. The molecule has 0 unspecified atom stereocenters. The highest BCUT2D eigenvalue weighted by atomic mass is 32.2. The predicted molar refractivity (Wildman–Crippen MR) is 65.0 cm³/mol. The summed E-state index contributed by atoms with van der Waals surface area (Å²) in [6.45, 7) is 7.38. The fraction of sp³-hybridized carbons (Fsp3) is 0.909. The number of hydrogen-bond acceptors (Lipinski definition) is 5. The fourth-order valence-corrected chi connectivity index (χ4v) is 1.57. The molecule has 0 aromatic rings. The van der Waals surface area contributed by atoms with E-state index < -0.39 is 15.7 Å². The first-order valence-corrected chi connectivity index (χ1v) is 7.37. The lowest BCUT2D eigenvalue weighted by atomic mass is 10.0. The van der Waals surface area contributed by atoms with Crippen molar-refractivity contribution in [2.45, 2.75) is 46.1 Å². The molecule has 0 aromatic carbocycles. The average Bonchev–Trinajstić information content (AvgIpc) is 1.96. The molecule has 0 N–H and O–H groups in total. The Kier molecular flexibility index (Phi) is 6.12. The van der Waals surface area contributed by atoms with E-state index in [0.29, 0.717) is 6.42 Å². The van der Waals surface area contributed by atoms with Crippen LogP contribution in [0.5, 0.6) is 0 Å². The van der Waals surface area contributed by atoms with Gasteiger partial charge < -0.3 is 4.74 Å². The standard InChI is InChI=1S/C11H22O5S/c1-9(6-7-15-17(5,13)14)8-10(12)16-11(2,3)4/h9H,6-8H2,1-5H3/t9-/m1/s1. The van der Waals surface area contributed by atoms with E-state index in [1.807, 2.05) is 27.7 Å². The Hall–Kier alpha value is -0.620. The van der Waals surface area contributed by atoms with E-state index in [0.717, 1.165) is 6.26 Å². The van der Waals surface area contributed by atoms with Gasteiger partial charge in [0.1, 0.15) is 5.60 Å². The number of carbonyl (C=O) groups is 1. The second-order valence-electron chi connectivity index (χ2n) is 5.21. The quantitative estimate of drug-likeness (QED) is 0.541. The van der Waals surface area contributed by atoms with E-state index in [2.05, 4.69) is 4.18 Å². The van der Waals surface area contributed by atoms with Gasteiger partial charge in [0.2, 0.25) is 0 Å². The Morgan fingerprint density at radius 2 is 1.82 bits per heavy atom. The fourth-order valence-electron chi connectivity index (χ4n) is 1.17. The Bertz CT molecular complexity index is 339. The van der Waals surface area contributed by atoms with E-state index in [4.69, 9.17) is 4.74 Å². The van der Waals surface area contributed by atoms with E-state index in [1.54, 1.807) is 0 Å². The predicted octanol–water partition coefficient (Wildman–Crippen LogP) is 1.72. The summed E-state index contributed by atoms with van der Waals surface area (Å²) in [6.07, 6.45) is 1.78. The van der Waals surface area contributed by atoms with Crippen LogP contribution in [0.1, 0.15) is 40.5 Å². The molecule has 0 aliphatic rings. The summed E-state index contributed by atoms with van der Waals surface area (Å²) in [6, 6.07) is 0. The first-order valence-electron chi connectivity index (χ1n) is 5.56. The first kappa shape index (κ1) is 16.4. The van der Waals surface area contributed by atoms with Crippen molar-refractivity contribution < 1.29 is 22.1 Å². The topological polar surface area (TPSA) is 69.7 Å². The minimum absolute atomic E-state index is 0.0339. The van der Waals surface area contributed by atoms with Crippen LogP contribution in [0.2, 0.25) is 0 Å². The van der Waals surface area contributed by atoms with Gasteiger partial charge in [0.15, 0.2) is 0 Å². The van der Waals surface area contributed by atoms with Gasteiger partial charge in [-0.25, -0.2) is 0 Å². The van der Waals surface area contributed by atoms with Gasteiger partial charge in [-0.05, 0) is 33.1 Å². The van der Waals surface area contributed by atoms with Gasteiger partial charge in [-0.3, -0.25) is 8.98 Å². The van der Waals surface area contributed by atoms with Crippen molar-refractivity contribution >= 4 is 16.1 Å². The summed E-state index contributed by atoms with van der Waals surface area (Å²) in [5, 5.41) is 0. The van der Waals surface area contributed by atoms with Crippen LogP contribution >= 0.6 is 0 Å². The third-order valence-electron chi connectivity index (χ3n) is 1.84. The number of rotatable bonds is 6. The molecular weight excluding hydrogens is 244 g/mol. The summed E-state index contributed by atoms with van der Waals surface area (Å²) in [5.74, 6) is -0.240. The summed E-state index contributed by atoms with van der Waals surface area (Å²) >= 11 is 0. The molecule has 0 radical (unpaired) electrons. The first-order chi connectivity index (χ1) is 7.49. The molecule has 0 amide bonds. The molecule has 6 heteroatoms. The van der Waals surface area contributed by atoms with Crippen molar-refractivity contribution in [3.05, 3.63) is 0 Å². The van der Waals surface area contributed by atoms with E-state index in [9.17, 15) is 13.2 Å². The van der Waals surface area contributed by atoms with Gasteiger partial charge >= 0.3 is 5.97 Å². The van der Waals surface area contributed by atoms with Crippen molar-refractivity contribution in [1.29, 1.82) is 0 Å². The number of ether oxygens (including phenoxy) is 1. The van der Waals surface area contributed by atoms with Gasteiger partial charge in [-0.15, -0.1) is 0 Å². The maximum Gasteiger partial charge on any atom is 0.306 e. The lowest BCUT2D eigenvalue weighted by Crippen LogP contribution is -2.25. The van der Waals surface area contributed by atoms with Crippen molar-refractivity contribution in [2.75, 3.05) is 12.9 Å². The normalized spacial score (nSPS) is 14.4. The van der Waals surface area contributed by atoms with E-state index in [1.165, 1.54) is 0 Å². The van der Waals surface area contributed by atoms with Crippen LogP contribution in [0.15, 0.2) is 0 Å². The Morgan fingerprint density at radius 3 is 2.24 bits per heavy atom. The van der Waals surface area contributed by atoms with Crippen molar-refractivity contribution in [3.8, 4) is 0 Å². The van der Waals surface area contributed by atoms with E-state index >= 15 is 0 Å². The number of hydrogen-bond donors (Lipinski definition) is 0. The maximum atomic E-state index is 11.4. The minimum Gasteiger partial charge on any atom is -0.460 e. The van der Waals surface area contributed by atoms with Crippen LogP contribution in [-0.2, 0) is 23.8 Å². The Morgan fingerprint density at radius 1 is 1.29 bits per heavy atom. The molecule has 0 spiro atoms. The lowest BCUT2D eigenvalue weighted by Gasteiger charge is -2.20. The summed E-state index contributed by atoms with van der Waals surface area (Å²) in [4.78, 5) is 11.4. The molecule has 0 saturated carbocycles. The number of carbonyl (C=O) groups excluding carboxylic acids is 1. The number of esters is 1. The second kappa shape index (κ2) is 6.35. The van der Waals surface area contributed by atoms with Crippen LogP contribution in [0.25, 0.3) is 0 Å². The van der Waals surface area contributed by atoms with Crippen LogP contribution in [0.4, 0.5) is 0 Å². The molecule has 5 nitrogen and oxygen atoms in total. The van der Waals surface area contributed by atoms with Gasteiger partial charge in [-0.1, -0.05) is 6.92 Å². The monoisotopic (exact) mass is 266 g/mol. The largest absolute Gasteiger partial charge is 0.460 e. The van der Waals surface area contributed by atoms with Crippen molar-refractivity contribution in [1.82, 2.24) is 0 Å². The summed E-state index contributed by atoms with van der Waals surface area (Å²) in [5.41, 5.74) is -0.486. The second-order valence-corrected chi connectivity index (χ2v) is 6.85. The maximum absolute atomic E-state index is 11.4. The molecule has 102 valence electrons. The van der Waals surface area contributed by atoms with Crippen LogP contribution < -0.4 is 0 Å². The van der Waals surface area contributed by atoms with E-state index in [-0.39, 0.29) is 24.9 Å². The third kappa shape index (κ3) is 11.6. The van der Waals surface area contributed by atoms with Gasteiger partial charge in [-0.2, -0.15) is 8.42 Å². The molecule has 0 aliphatic carbocycles. The molecule has 0 saturated heterocycles. The van der Waals surface area contributed by atoms with Crippen LogP contribution in [0.3, 0.4) is 0 Å². The van der Waals surface area contributed by atoms with Crippen LogP contribution in [0, 0.1) is 5.92 Å². The molecule has 0 bridgehead atoms. The molecule has 0 rings (SSSR count). The third-order valence-corrected chi connectivity index (χ3v) is 2.44. The molecular formula is C11H22O5S. The summed E-state index contributed by atoms with van der Waals surface area (Å²) in [7, 11) is -3.39. The smallest absolute Gasteiger partial charge is 0.306 e. The van der Waals surface area contributed by atoms with Crippen LogP contribution in [-0.4, -0.2) is 32.9 Å². The summed E-state index contributed by atoms with van der Waals surface area (Å²) < 4.78 is 31.2. The van der Waals surface area contributed by atoms with Crippen molar-refractivity contribution in [3.63, 3.8) is 0 Å². The average molecular weight is 266 g/mol. The Labute approximate surface area is 104 Å². The van der Waals surface area contributed by atoms with Gasteiger partial charge in [0.05, 0.1) is 12.9 Å². The van der Waals surface area contributed by atoms with Gasteiger partial charge in [0.25, 0.3) is 10.1 Å². The van der Waals surface area contributed by atoms with Gasteiger partial charge in [0, 0.05) is 6.42 Å². The molecule has 1 atom stereocenters. The zero-order valence-electron chi connectivity index (χ0n) is 11.1. The molecule has 0 fully saturated rings.